The highest BCUT2D eigenvalue weighted by molar-refractivity contribution is 6.30. The molecular formula is C11H12ClFN4. The Morgan fingerprint density at radius 1 is 1.47 bits per heavy atom. The summed E-state index contributed by atoms with van der Waals surface area (Å²) in [5, 5.41) is 7.66. The van der Waals surface area contributed by atoms with Crippen molar-refractivity contribution >= 4 is 11.6 Å². The van der Waals surface area contributed by atoms with Crippen LogP contribution in [0.2, 0.25) is 5.02 Å². The molecule has 1 aromatic carbocycles. The molecule has 1 heterocycles. The highest BCUT2D eigenvalue weighted by atomic mass is 35.5. The average Bonchev–Trinajstić information content (AvgIpc) is 2.72. The van der Waals surface area contributed by atoms with E-state index >= 15 is 0 Å². The van der Waals surface area contributed by atoms with Crippen molar-refractivity contribution in [3.8, 4) is 0 Å². The molecule has 0 atom stereocenters. The van der Waals surface area contributed by atoms with Crippen molar-refractivity contribution in [1.29, 1.82) is 0 Å². The second kappa shape index (κ2) is 5.25. The second-order valence-electron chi connectivity index (χ2n) is 3.62. The summed E-state index contributed by atoms with van der Waals surface area (Å²) in [6.07, 6.45) is 1.58. The zero-order valence-corrected chi connectivity index (χ0v) is 10.1. The summed E-state index contributed by atoms with van der Waals surface area (Å²) in [6, 6.07) is 4.47. The van der Waals surface area contributed by atoms with Crippen LogP contribution < -0.4 is 5.32 Å². The second-order valence-corrected chi connectivity index (χ2v) is 4.06. The van der Waals surface area contributed by atoms with Crippen LogP contribution in [0.4, 0.5) is 4.39 Å². The topological polar surface area (TPSA) is 42.7 Å². The fraction of sp³-hybridized carbons (Fsp3) is 0.273. The molecule has 0 saturated carbocycles. The molecule has 0 aliphatic carbocycles. The number of nitrogens with zero attached hydrogens (tertiary/aromatic N) is 3. The van der Waals surface area contributed by atoms with E-state index in [1.54, 1.807) is 17.1 Å². The van der Waals surface area contributed by atoms with E-state index in [2.05, 4.69) is 15.4 Å². The first kappa shape index (κ1) is 12.0. The van der Waals surface area contributed by atoms with E-state index in [1.807, 2.05) is 7.05 Å². The maximum absolute atomic E-state index is 13.5. The van der Waals surface area contributed by atoms with Gasteiger partial charge in [0.15, 0.2) is 5.82 Å². The average molecular weight is 255 g/mol. The van der Waals surface area contributed by atoms with Crippen LogP contribution in [-0.4, -0.2) is 21.8 Å². The Labute approximate surface area is 103 Å². The first-order valence-corrected chi connectivity index (χ1v) is 5.53. The minimum Gasteiger partial charge on any atom is -0.313 e. The van der Waals surface area contributed by atoms with Gasteiger partial charge in [-0.3, -0.25) is 0 Å². The van der Waals surface area contributed by atoms with E-state index < -0.39 is 0 Å². The lowest BCUT2D eigenvalue weighted by molar-refractivity contribution is 0.581. The zero-order valence-electron chi connectivity index (χ0n) is 9.32. The molecule has 6 heteroatoms. The third-order valence-electron chi connectivity index (χ3n) is 2.26. The molecule has 2 aromatic rings. The normalized spacial score (nSPS) is 10.8. The van der Waals surface area contributed by atoms with Crippen LogP contribution in [0, 0.1) is 5.82 Å². The highest BCUT2D eigenvalue weighted by Crippen LogP contribution is 2.15. The van der Waals surface area contributed by atoms with E-state index in [-0.39, 0.29) is 5.82 Å². The third-order valence-corrected chi connectivity index (χ3v) is 2.49. The Morgan fingerprint density at radius 2 is 2.29 bits per heavy atom. The predicted molar refractivity (Wildman–Crippen MR) is 63.3 cm³/mol. The van der Waals surface area contributed by atoms with Gasteiger partial charge in [-0.25, -0.2) is 14.1 Å². The van der Waals surface area contributed by atoms with E-state index in [0.717, 1.165) is 0 Å². The molecule has 90 valence electrons. The molecule has 0 saturated heterocycles. The lowest BCUT2D eigenvalue weighted by atomic mass is 10.2. The quantitative estimate of drug-likeness (QED) is 0.905. The monoisotopic (exact) mass is 254 g/mol. The molecule has 0 fully saturated rings. The molecular weight excluding hydrogens is 243 g/mol. The van der Waals surface area contributed by atoms with Gasteiger partial charge in [0, 0.05) is 10.6 Å². The standard InChI is InChI=1S/C11H12ClFN4/c1-14-5-11-15-7-17(16-11)6-8-4-9(12)2-3-10(8)13/h2-4,7,14H,5-6H2,1H3. The lowest BCUT2D eigenvalue weighted by Crippen LogP contribution is -2.08. The van der Waals surface area contributed by atoms with Gasteiger partial charge >= 0.3 is 0 Å². The van der Waals surface area contributed by atoms with Gasteiger partial charge in [0.1, 0.15) is 12.1 Å². The number of nitrogens with one attached hydrogen (secondary N) is 1. The zero-order chi connectivity index (χ0) is 12.3. The molecule has 1 N–H and O–H groups in total. The smallest absolute Gasteiger partial charge is 0.164 e. The summed E-state index contributed by atoms with van der Waals surface area (Å²) in [5.41, 5.74) is 0.499. The van der Waals surface area contributed by atoms with Crippen LogP contribution >= 0.6 is 11.6 Å². The Bertz CT molecular complexity index is 512. The number of benzene rings is 1. The van der Waals surface area contributed by atoms with Crippen molar-refractivity contribution in [2.75, 3.05) is 7.05 Å². The molecule has 0 unspecified atom stereocenters. The molecule has 0 amide bonds. The molecule has 0 bridgehead atoms. The number of halogens is 2. The molecule has 0 aliphatic heterocycles. The Kier molecular flexibility index (Phi) is 3.71. The lowest BCUT2D eigenvalue weighted by Gasteiger charge is -2.03. The van der Waals surface area contributed by atoms with Crippen molar-refractivity contribution in [3.63, 3.8) is 0 Å². The van der Waals surface area contributed by atoms with Gasteiger partial charge in [0.2, 0.25) is 0 Å². The summed E-state index contributed by atoms with van der Waals surface area (Å²) in [4.78, 5) is 4.09. The van der Waals surface area contributed by atoms with Gasteiger partial charge in [-0.2, -0.15) is 5.10 Å². The number of rotatable bonds is 4. The number of hydrogen-bond acceptors (Lipinski definition) is 3. The van der Waals surface area contributed by atoms with Crippen molar-refractivity contribution in [3.05, 3.63) is 46.8 Å². The SMILES string of the molecule is CNCc1ncn(Cc2cc(Cl)ccc2F)n1. The third kappa shape index (κ3) is 3.01. The van der Waals surface area contributed by atoms with Crippen LogP contribution in [-0.2, 0) is 13.1 Å². The van der Waals surface area contributed by atoms with E-state index in [1.165, 1.54) is 12.1 Å². The van der Waals surface area contributed by atoms with Crippen molar-refractivity contribution < 1.29 is 4.39 Å². The molecule has 17 heavy (non-hydrogen) atoms. The summed E-state index contributed by atoms with van der Waals surface area (Å²) in [5.74, 6) is 0.384. The molecule has 4 nitrogen and oxygen atoms in total. The van der Waals surface area contributed by atoms with E-state index in [0.29, 0.717) is 29.5 Å². The maximum Gasteiger partial charge on any atom is 0.164 e. The molecule has 0 spiro atoms. The van der Waals surface area contributed by atoms with Gasteiger partial charge in [-0.1, -0.05) is 11.6 Å². The minimum absolute atomic E-state index is 0.292. The predicted octanol–water partition coefficient (Wildman–Crippen LogP) is 1.84. The van der Waals surface area contributed by atoms with Gasteiger partial charge in [-0.15, -0.1) is 0 Å². The van der Waals surface area contributed by atoms with Crippen LogP contribution in [0.15, 0.2) is 24.5 Å². The first-order valence-electron chi connectivity index (χ1n) is 5.16. The van der Waals surface area contributed by atoms with Crippen molar-refractivity contribution in [2.24, 2.45) is 0 Å². The summed E-state index contributed by atoms with van der Waals surface area (Å²) >= 11 is 5.82. The Hall–Kier alpha value is -1.46. The Balaban J connectivity index is 2.16. The molecule has 0 radical (unpaired) electrons. The van der Waals surface area contributed by atoms with Gasteiger partial charge < -0.3 is 5.32 Å². The Morgan fingerprint density at radius 3 is 3.06 bits per heavy atom. The first-order chi connectivity index (χ1) is 8.19. The van der Waals surface area contributed by atoms with Crippen LogP contribution in [0.3, 0.4) is 0 Å². The van der Waals surface area contributed by atoms with Crippen molar-refractivity contribution in [2.45, 2.75) is 13.1 Å². The van der Waals surface area contributed by atoms with Crippen LogP contribution in [0.1, 0.15) is 11.4 Å². The minimum atomic E-state index is -0.292. The number of aromatic nitrogens is 3. The highest BCUT2D eigenvalue weighted by Gasteiger charge is 2.06. The van der Waals surface area contributed by atoms with Crippen molar-refractivity contribution in [1.82, 2.24) is 20.1 Å². The summed E-state index contributed by atoms with van der Waals surface area (Å²) < 4.78 is 15.1. The fourth-order valence-corrected chi connectivity index (χ4v) is 1.68. The summed E-state index contributed by atoms with van der Waals surface area (Å²) in [7, 11) is 1.82. The van der Waals surface area contributed by atoms with Gasteiger partial charge in [0.25, 0.3) is 0 Å². The fourth-order valence-electron chi connectivity index (χ4n) is 1.49. The van der Waals surface area contributed by atoms with E-state index in [4.69, 9.17) is 11.6 Å². The molecule has 0 aliphatic rings. The van der Waals surface area contributed by atoms with E-state index in [9.17, 15) is 4.39 Å². The molecule has 1 aromatic heterocycles. The maximum atomic E-state index is 13.5. The largest absolute Gasteiger partial charge is 0.313 e. The van der Waals surface area contributed by atoms with Crippen LogP contribution in [0.25, 0.3) is 0 Å². The van der Waals surface area contributed by atoms with Gasteiger partial charge in [0.05, 0.1) is 13.1 Å². The van der Waals surface area contributed by atoms with Gasteiger partial charge in [-0.05, 0) is 25.2 Å². The number of hydrogen-bond donors (Lipinski definition) is 1. The van der Waals surface area contributed by atoms with Crippen LogP contribution in [0.5, 0.6) is 0 Å². The molecule has 2 rings (SSSR count). The summed E-state index contributed by atoms with van der Waals surface area (Å²) in [6.45, 7) is 0.911.